The van der Waals surface area contributed by atoms with E-state index in [0.29, 0.717) is 6.54 Å². The van der Waals surface area contributed by atoms with Gasteiger partial charge in [-0.2, -0.15) is 0 Å². The van der Waals surface area contributed by atoms with Crippen molar-refractivity contribution < 1.29 is 60.6 Å². The van der Waals surface area contributed by atoms with Crippen molar-refractivity contribution in [3.63, 3.8) is 0 Å². The van der Waals surface area contributed by atoms with Crippen LogP contribution < -0.4 is 15.1 Å². The molecule has 0 aromatic heterocycles. The highest BCUT2D eigenvalue weighted by atomic mass is 32.2. The Bertz CT molecular complexity index is 1050. The summed E-state index contributed by atoms with van der Waals surface area (Å²) in [5.41, 5.74) is -0.0574. The molecule has 40 heavy (non-hydrogen) atoms. The van der Waals surface area contributed by atoms with Crippen LogP contribution in [0.3, 0.4) is 0 Å². The lowest BCUT2D eigenvalue weighted by Gasteiger charge is -2.49. The summed E-state index contributed by atoms with van der Waals surface area (Å²) in [7, 11) is -8.83. The minimum atomic E-state index is -5.19. The van der Waals surface area contributed by atoms with Crippen LogP contribution in [0, 0.1) is 29.1 Å². The van der Waals surface area contributed by atoms with E-state index in [1.165, 1.54) is 7.11 Å². The van der Waals surface area contributed by atoms with Gasteiger partial charge in [-0.3, -0.25) is 0 Å². The Balaban J connectivity index is 2.37. The molecule has 2 aliphatic carbocycles. The largest absolute Gasteiger partial charge is 0.748 e. The van der Waals surface area contributed by atoms with Crippen molar-refractivity contribution in [3.8, 4) is 0 Å². The molecule has 10 atom stereocenters. The monoisotopic (exact) mass is 617 g/mol. The zero-order valence-corrected chi connectivity index (χ0v) is 24.6. The molecule has 0 aromatic carbocycles. The first-order valence-electron chi connectivity index (χ1n) is 13.0. The number of nitrogens with one attached hydrogen (secondary N) is 2. The van der Waals surface area contributed by atoms with Gasteiger partial charge in [0, 0.05) is 43.8 Å². The zero-order chi connectivity index (χ0) is 30.6. The van der Waals surface area contributed by atoms with Gasteiger partial charge in [-0.05, 0) is 36.5 Å². The number of carbonyl (C=O) groups excluding carboxylic acids is 1. The van der Waals surface area contributed by atoms with Crippen LogP contribution in [0.2, 0.25) is 0 Å². The van der Waals surface area contributed by atoms with Crippen LogP contribution in [0.15, 0.2) is 0 Å². The van der Waals surface area contributed by atoms with E-state index >= 15 is 0 Å². The molecule has 2 rings (SSSR count). The van der Waals surface area contributed by atoms with Crippen LogP contribution in [0.4, 0.5) is 0 Å². The summed E-state index contributed by atoms with van der Waals surface area (Å²) in [5, 5.41) is 47.4. The number of carbonyl (C=O) groups is 1. The molecule has 0 spiro atoms. The van der Waals surface area contributed by atoms with Gasteiger partial charge in [0.2, 0.25) is 0 Å². The molecule has 2 aliphatic rings. The van der Waals surface area contributed by atoms with E-state index in [0.717, 1.165) is 0 Å². The summed E-state index contributed by atoms with van der Waals surface area (Å²) >= 11 is 0. The fourth-order valence-electron chi connectivity index (χ4n) is 5.83. The van der Waals surface area contributed by atoms with Gasteiger partial charge >= 0.3 is 0 Å². The van der Waals surface area contributed by atoms with Crippen LogP contribution in [0.5, 0.6) is 0 Å². The lowest BCUT2D eigenvalue weighted by Crippen LogP contribution is -2.62. The van der Waals surface area contributed by atoms with Crippen molar-refractivity contribution >= 4 is 26.4 Å². The average Bonchev–Trinajstić information content (AvgIpc) is 2.78. The first-order chi connectivity index (χ1) is 18.2. The predicted molar refractivity (Wildman–Crippen MR) is 135 cm³/mol. The quantitative estimate of drug-likeness (QED) is 0.0992. The highest BCUT2D eigenvalue weighted by Gasteiger charge is 2.50. The van der Waals surface area contributed by atoms with Gasteiger partial charge in [0.15, 0.2) is 10.3 Å². The summed E-state index contributed by atoms with van der Waals surface area (Å²) in [5.74, 6) is -7.45. The number of hydrogen-bond acceptors (Lipinski definition) is 14. The van der Waals surface area contributed by atoms with E-state index in [1.54, 1.807) is 4.72 Å². The topological polar surface area (TPSA) is 258 Å². The number of carboxylic acids is 1. The molecule has 0 heterocycles. The van der Waals surface area contributed by atoms with Crippen LogP contribution in [0.25, 0.3) is 0 Å². The number of aliphatic carboxylic acids is 1. The highest BCUT2D eigenvalue weighted by molar-refractivity contribution is 7.85. The molecule has 0 radical (unpaired) electrons. The minimum absolute atomic E-state index is 0.0482. The fraction of sp³-hybridized carbons (Fsp3) is 0.957. The Morgan fingerprint density at radius 1 is 1.00 bits per heavy atom. The van der Waals surface area contributed by atoms with Crippen molar-refractivity contribution in [2.75, 3.05) is 32.6 Å². The van der Waals surface area contributed by atoms with Gasteiger partial charge < -0.3 is 49.1 Å². The lowest BCUT2D eigenvalue weighted by molar-refractivity contribution is -0.318. The molecule has 236 valence electrons. The van der Waals surface area contributed by atoms with Gasteiger partial charge in [-0.1, -0.05) is 20.8 Å². The second-order valence-electron chi connectivity index (χ2n) is 12.0. The molecule has 0 amide bonds. The number of ether oxygens (including phenoxy) is 2. The molecule has 0 bridgehead atoms. The lowest BCUT2D eigenvalue weighted by atomic mass is 9.66. The number of carboxylic acid groups (broad SMARTS) is 1. The summed E-state index contributed by atoms with van der Waals surface area (Å²) < 4.78 is 82.7. The van der Waals surface area contributed by atoms with Gasteiger partial charge in [0.25, 0.3) is 0 Å². The number of hydrogen-bond donors (Lipinski definition) is 5. The minimum Gasteiger partial charge on any atom is -0.748 e. The Morgan fingerprint density at radius 3 is 2.12 bits per heavy atom. The van der Waals surface area contributed by atoms with Gasteiger partial charge in [0.05, 0.1) is 47.2 Å². The average molecular weight is 618 g/mol. The molecule has 2 saturated carbocycles. The normalized spacial score (nSPS) is 35.9. The Kier molecular flexibility index (Phi) is 12.3. The third kappa shape index (κ3) is 10.4. The van der Waals surface area contributed by atoms with Crippen LogP contribution in [-0.2, 0) is 34.7 Å². The van der Waals surface area contributed by atoms with Crippen molar-refractivity contribution in [3.05, 3.63) is 0 Å². The van der Waals surface area contributed by atoms with E-state index in [4.69, 9.17) is 9.47 Å². The second kappa shape index (κ2) is 14.0. The fourth-order valence-corrected chi connectivity index (χ4v) is 7.35. The third-order valence-corrected chi connectivity index (χ3v) is 8.98. The van der Waals surface area contributed by atoms with Gasteiger partial charge in [-0.15, -0.1) is 0 Å². The Hall–Kier alpha value is -0.990. The van der Waals surface area contributed by atoms with E-state index in [-0.39, 0.29) is 37.8 Å². The molecular formula is C23H41N2O13S2-3. The first-order valence-corrected chi connectivity index (χ1v) is 16.0. The third-order valence-electron chi connectivity index (χ3n) is 7.58. The smallest absolute Gasteiger partial charge is 0.159 e. The standard InChI is InChI=1S/C23H44N2O13S2/c1-23(2,3)11-24-5-6-38-21-13(10-39(31,32)33)7-12(17(20(21)28)25-40(34,35)36)8-14-15(22(29)30)9-16(37-4)19(27)18(14)26/h12-21,24-28H,5-11H2,1-4H3,(H,29,30)(H,31,32,33)(H,34,35,36)/p-3/t12-,13?,14-,15?,16+,17?,18+,19?,20-,21-/m0/s1. The molecule has 17 heteroatoms. The molecule has 0 saturated heterocycles. The molecule has 0 aliphatic heterocycles. The zero-order valence-electron chi connectivity index (χ0n) is 23.0. The van der Waals surface area contributed by atoms with E-state index < -0.39 is 92.4 Å². The number of aliphatic hydroxyl groups excluding tert-OH is 3. The van der Waals surface area contributed by atoms with Crippen LogP contribution in [0.1, 0.15) is 40.0 Å². The molecule has 5 N–H and O–H groups in total. The first kappa shape index (κ1) is 35.2. The maximum absolute atomic E-state index is 11.9. The summed E-state index contributed by atoms with van der Waals surface area (Å²) in [6.45, 7) is 6.80. The maximum Gasteiger partial charge on any atom is 0.159 e. The van der Waals surface area contributed by atoms with E-state index in [9.17, 15) is 51.2 Å². The van der Waals surface area contributed by atoms with Crippen molar-refractivity contribution in [1.29, 1.82) is 0 Å². The second-order valence-corrected chi connectivity index (χ2v) is 14.6. The number of rotatable bonds is 13. The van der Waals surface area contributed by atoms with Gasteiger partial charge in [-0.25, -0.2) is 21.6 Å². The van der Waals surface area contributed by atoms with Crippen molar-refractivity contribution in [2.24, 2.45) is 29.1 Å². The molecule has 0 aromatic rings. The summed E-state index contributed by atoms with van der Waals surface area (Å²) in [6, 6.07) is -1.58. The van der Waals surface area contributed by atoms with Crippen LogP contribution >= 0.6 is 0 Å². The predicted octanol–water partition coefficient (Wildman–Crippen LogP) is -3.52. The van der Waals surface area contributed by atoms with Gasteiger partial charge in [0.1, 0.15) is 6.10 Å². The van der Waals surface area contributed by atoms with Crippen molar-refractivity contribution in [2.45, 2.75) is 76.6 Å². The van der Waals surface area contributed by atoms with E-state index in [1.807, 2.05) is 20.8 Å². The van der Waals surface area contributed by atoms with Crippen molar-refractivity contribution in [1.82, 2.24) is 10.0 Å². The summed E-state index contributed by atoms with van der Waals surface area (Å²) in [4.78, 5) is 11.9. The SMILES string of the molecule is CO[C@@H]1CC(C(=O)[O-])[C@H](C[C@@H]2CC(CS(=O)(=O)[O-])[C@H](OCCNCC(C)(C)C)[C@@H](O)C2NS(=O)(=O)[O-])[C@@H](O)C1O. The molecule has 2 fully saturated rings. The molecular weight excluding hydrogens is 576 g/mol. The number of methoxy groups -OCH3 is 1. The highest BCUT2D eigenvalue weighted by Crippen LogP contribution is 2.42. The molecule has 4 unspecified atom stereocenters. The maximum atomic E-state index is 11.9. The molecule has 15 nitrogen and oxygen atoms in total. The van der Waals surface area contributed by atoms with E-state index in [2.05, 4.69) is 5.32 Å². The Labute approximate surface area is 235 Å². The van der Waals surface area contributed by atoms with Crippen LogP contribution in [-0.4, -0.2) is 116 Å². The number of aliphatic hydroxyl groups is 3. The Morgan fingerprint density at radius 2 is 1.62 bits per heavy atom. The summed E-state index contributed by atoms with van der Waals surface area (Å²) in [6.07, 6.45) is -8.30.